The van der Waals surface area contributed by atoms with Crippen LogP contribution in [-0.4, -0.2) is 106 Å². The molecular weight excluding hydrogens is 548 g/mol. The molecule has 2 aromatic rings. The Morgan fingerprint density at radius 2 is 1.88 bits per heavy atom. The number of sulfonamides is 1. The minimum absolute atomic E-state index is 0.0227. The van der Waals surface area contributed by atoms with Gasteiger partial charge in [-0.3, -0.25) is 9.59 Å². The maximum atomic E-state index is 13.6. The van der Waals surface area contributed by atoms with Gasteiger partial charge in [-0.1, -0.05) is 6.92 Å². The van der Waals surface area contributed by atoms with Crippen molar-refractivity contribution in [1.82, 2.24) is 14.1 Å². The van der Waals surface area contributed by atoms with E-state index in [1.807, 2.05) is 25.9 Å². The molecule has 0 saturated heterocycles. The first-order valence-electron chi connectivity index (χ1n) is 13.6. The molecular formula is C29H42N4O7S. The van der Waals surface area contributed by atoms with Gasteiger partial charge in [0.25, 0.3) is 5.91 Å². The number of methoxy groups -OCH3 is 1. The number of aliphatic hydroxyl groups excluding tert-OH is 1. The Kier molecular flexibility index (Phi) is 11.1. The van der Waals surface area contributed by atoms with Crippen LogP contribution in [0.1, 0.15) is 37.0 Å². The van der Waals surface area contributed by atoms with Gasteiger partial charge in [0.2, 0.25) is 15.9 Å². The number of hydrogen-bond acceptors (Lipinski definition) is 8. The number of amides is 2. The number of likely N-dealkylation sites (N-methyl/N-ethyl adjacent to an activating group) is 1. The summed E-state index contributed by atoms with van der Waals surface area (Å²) in [7, 11) is 3.05. The number of hydrogen-bond donors (Lipinski definition) is 2. The van der Waals surface area contributed by atoms with Crippen molar-refractivity contribution in [3.8, 4) is 11.5 Å². The molecule has 0 spiro atoms. The lowest BCUT2D eigenvalue weighted by molar-refractivity contribution is -0.116. The fourth-order valence-corrected chi connectivity index (χ4v) is 5.76. The van der Waals surface area contributed by atoms with Crippen molar-refractivity contribution in [2.45, 2.75) is 43.7 Å². The van der Waals surface area contributed by atoms with Gasteiger partial charge in [0.05, 0.1) is 36.8 Å². The molecule has 1 heterocycles. The smallest absolute Gasteiger partial charge is 0.258 e. The van der Waals surface area contributed by atoms with E-state index < -0.39 is 22.2 Å². The fraction of sp³-hybridized carbons (Fsp3) is 0.517. The van der Waals surface area contributed by atoms with Crippen molar-refractivity contribution in [2.24, 2.45) is 5.92 Å². The average molecular weight is 591 g/mol. The summed E-state index contributed by atoms with van der Waals surface area (Å²) in [6.07, 6.45) is 0.419. The van der Waals surface area contributed by atoms with Crippen molar-refractivity contribution in [1.29, 1.82) is 0 Å². The maximum absolute atomic E-state index is 13.6. The van der Waals surface area contributed by atoms with Gasteiger partial charge in [-0.05, 0) is 76.4 Å². The summed E-state index contributed by atoms with van der Waals surface area (Å²) in [6, 6.07) is 10.5. The van der Waals surface area contributed by atoms with Gasteiger partial charge in [0, 0.05) is 31.6 Å². The Labute approximate surface area is 243 Å². The van der Waals surface area contributed by atoms with Crippen LogP contribution in [-0.2, 0) is 14.8 Å². The number of carbonyl (C=O) groups is 2. The molecule has 0 radical (unpaired) electrons. The summed E-state index contributed by atoms with van der Waals surface area (Å²) < 4.78 is 39.4. The monoisotopic (exact) mass is 590 g/mol. The molecule has 2 amide bonds. The third kappa shape index (κ3) is 8.19. The highest BCUT2D eigenvalue weighted by atomic mass is 32.2. The van der Waals surface area contributed by atoms with E-state index in [0.29, 0.717) is 24.3 Å². The van der Waals surface area contributed by atoms with E-state index in [0.717, 1.165) is 6.54 Å². The van der Waals surface area contributed by atoms with Crippen molar-refractivity contribution in [3.05, 3.63) is 48.0 Å². The van der Waals surface area contributed by atoms with Crippen molar-refractivity contribution < 1.29 is 32.6 Å². The van der Waals surface area contributed by atoms with Gasteiger partial charge in [0.1, 0.15) is 17.6 Å². The van der Waals surface area contributed by atoms with E-state index in [2.05, 4.69) is 5.32 Å². The predicted octanol–water partition coefficient (Wildman–Crippen LogP) is 2.52. The third-order valence-electron chi connectivity index (χ3n) is 7.16. The summed E-state index contributed by atoms with van der Waals surface area (Å²) in [5.74, 6) is 0.0542. The molecule has 12 heteroatoms. The van der Waals surface area contributed by atoms with Crippen LogP contribution in [0.4, 0.5) is 5.69 Å². The lowest BCUT2D eigenvalue weighted by atomic mass is 9.99. The minimum atomic E-state index is -3.84. The first-order chi connectivity index (χ1) is 19.4. The number of nitrogens with zero attached hydrogens (tertiary/aromatic N) is 3. The maximum Gasteiger partial charge on any atom is 0.258 e. The van der Waals surface area contributed by atoms with Crippen LogP contribution in [0.5, 0.6) is 11.5 Å². The molecule has 1 aliphatic heterocycles. The first kappa shape index (κ1) is 32.3. The van der Waals surface area contributed by atoms with Gasteiger partial charge >= 0.3 is 0 Å². The minimum Gasteiger partial charge on any atom is -0.497 e. The Morgan fingerprint density at radius 1 is 1.20 bits per heavy atom. The molecule has 0 fully saturated rings. The van der Waals surface area contributed by atoms with E-state index in [9.17, 15) is 23.1 Å². The van der Waals surface area contributed by atoms with E-state index in [1.54, 1.807) is 42.2 Å². The van der Waals surface area contributed by atoms with Crippen LogP contribution in [0.15, 0.2) is 47.4 Å². The number of nitrogens with one attached hydrogen (secondary N) is 1. The zero-order valence-electron chi connectivity index (χ0n) is 24.7. The zero-order chi connectivity index (χ0) is 30.3. The van der Waals surface area contributed by atoms with Crippen LogP contribution in [0.25, 0.3) is 0 Å². The van der Waals surface area contributed by atoms with Crippen molar-refractivity contribution in [2.75, 3.05) is 59.8 Å². The van der Waals surface area contributed by atoms with Gasteiger partial charge in [-0.15, -0.1) is 0 Å². The van der Waals surface area contributed by atoms with Crippen LogP contribution >= 0.6 is 0 Å². The topological polar surface area (TPSA) is 129 Å². The second-order valence-corrected chi connectivity index (χ2v) is 12.8. The molecule has 3 rings (SSSR count). The van der Waals surface area contributed by atoms with Gasteiger partial charge in [0.15, 0.2) is 0 Å². The van der Waals surface area contributed by atoms with E-state index in [-0.39, 0.29) is 53.6 Å². The predicted molar refractivity (Wildman–Crippen MR) is 157 cm³/mol. The molecule has 2 aromatic carbocycles. The van der Waals surface area contributed by atoms with Crippen LogP contribution < -0.4 is 14.8 Å². The van der Waals surface area contributed by atoms with Crippen LogP contribution in [0, 0.1) is 5.92 Å². The number of rotatable bonds is 12. The number of carbonyl (C=O) groups excluding carboxylic acids is 2. The average Bonchev–Trinajstić information content (AvgIpc) is 2.94. The molecule has 0 unspecified atom stereocenters. The first-order valence-corrected chi connectivity index (χ1v) is 15.1. The quantitative estimate of drug-likeness (QED) is 0.386. The van der Waals surface area contributed by atoms with Gasteiger partial charge in [-0.25, -0.2) is 8.42 Å². The normalized spacial score (nSPS) is 18.4. The third-order valence-corrected chi connectivity index (χ3v) is 9.00. The fourth-order valence-electron chi connectivity index (χ4n) is 4.58. The zero-order valence-corrected chi connectivity index (χ0v) is 25.5. The molecule has 0 aliphatic carbocycles. The lowest BCUT2D eigenvalue weighted by Gasteiger charge is -2.38. The molecule has 1 aliphatic rings. The van der Waals surface area contributed by atoms with Gasteiger partial charge < -0.3 is 29.7 Å². The summed E-state index contributed by atoms with van der Waals surface area (Å²) in [4.78, 5) is 29.8. The largest absolute Gasteiger partial charge is 0.497 e. The lowest BCUT2D eigenvalue weighted by Crippen LogP contribution is -2.50. The number of fused-ring (bicyclic) bond motifs is 1. The Morgan fingerprint density at radius 3 is 2.49 bits per heavy atom. The molecule has 226 valence electrons. The number of anilines is 1. The van der Waals surface area contributed by atoms with Crippen molar-refractivity contribution >= 4 is 27.5 Å². The summed E-state index contributed by atoms with van der Waals surface area (Å²) in [5, 5.41) is 12.7. The van der Waals surface area contributed by atoms with Gasteiger partial charge in [-0.2, -0.15) is 4.31 Å². The van der Waals surface area contributed by atoms with E-state index in [1.165, 1.54) is 30.6 Å². The SMILES string of the molecule is COc1ccc(S(=O)(=O)N(C)C[C@@H]2Oc3ccc(NC(=O)CCCN(C)C)cc3C(=O)N([C@@H](C)CO)C[C@@H]2C)cc1. The molecule has 11 nitrogen and oxygen atoms in total. The standard InChI is InChI=1S/C29H42N4O7S/c1-20-17-33(21(2)19-34)29(36)25-16-22(30-28(35)8-7-15-31(3)4)9-14-26(25)40-27(20)18-32(5)41(37,38)24-12-10-23(39-6)11-13-24/h9-14,16,20-21,27,34H,7-8,15,17-19H2,1-6H3,(H,30,35)/t20-,21-,27-/m0/s1. The summed E-state index contributed by atoms with van der Waals surface area (Å²) >= 11 is 0. The Balaban J connectivity index is 1.88. The van der Waals surface area contributed by atoms with E-state index in [4.69, 9.17) is 9.47 Å². The highest BCUT2D eigenvalue weighted by molar-refractivity contribution is 7.89. The molecule has 3 atom stereocenters. The number of benzene rings is 2. The second-order valence-electron chi connectivity index (χ2n) is 10.7. The number of aliphatic hydroxyl groups is 1. The molecule has 0 bridgehead atoms. The van der Waals surface area contributed by atoms with Crippen molar-refractivity contribution in [3.63, 3.8) is 0 Å². The Bertz CT molecular complexity index is 1300. The molecule has 41 heavy (non-hydrogen) atoms. The van der Waals surface area contributed by atoms with E-state index >= 15 is 0 Å². The summed E-state index contributed by atoms with van der Waals surface area (Å²) in [5.41, 5.74) is 0.686. The molecule has 0 saturated carbocycles. The molecule has 0 aromatic heterocycles. The number of ether oxygens (including phenoxy) is 2. The summed E-state index contributed by atoms with van der Waals surface area (Å²) in [6.45, 7) is 4.43. The van der Waals surface area contributed by atoms with Crippen LogP contribution in [0.3, 0.4) is 0 Å². The highest BCUT2D eigenvalue weighted by Gasteiger charge is 2.35. The Hall–Kier alpha value is -3.19. The second kappa shape index (κ2) is 14.1. The highest BCUT2D eigenvalue weighted by Crippen LogP contribution is 2.31. The molecule has 2 N–H and O–H groups in total. The van der Waals surface area contributed by atoms with Crippen LogP contribution in [0.2, 0.25) is 0 Å².